The van der Waals surface area contributed by atoms with Gasteiger partial charge in [0.05, 0.1) is 28.2 Å². The summed E-state index contributed by atoms with van der Waals surface area (Å²) in [6, 6.07) is 13.0. The Morgan fingerprint density at radius 1 is 1.14 bits per heavy atom. The van der Waals surface area contributed by atoms with Gasteiger partial charge in [-0.1, -0.05) is 47.2 Å². The number of hydrogen-bond acceptors (Lipinski definition) is 8. The third-order valence-corrected chi connectivity index (χ3v) is 7.49. The zero-order valence-electron chi connectivity index (χ0n) is 18.4. The fourth-order valence-corrected chi connectivity index (χ4v) is 5.20. The van der Waals surface area contributed by atoms with Gasteiger partial charge >= 0.3 is 6.01 Å². The number of sulfone groups is 1. The van der Waals surface area contributed by atoms with Gasteiger partial charge in [-0.05, 0) is 42.5 Å². The number of hydrogen-bond donors (Lipinski definition) is 1. The van der Waals surface area contributed by atoms with E-state index in [9.17, 15) is 8.42 Å². The van der Waals surface area contributed by atoms with Gasteiger partial charge in [-0.15, -0.1) is 0 Å². The summed E-state index contributed by atoms with van der Waals surface area (Å²) >= 11 is 17.1. The van der Waals surface area contributed by atoms with E-state index in [1.165, 1.54) is 0 Å². The summed E-state index contributed by atoms with van der Waals surface area (Å²) in [5.74, 6) is 6.75. The van der Waals surface area contributed by atoms with Crippen LogP contribution in [0.2, 0.25) is 10.0 Å². The number of anilines is 1. The molecule has 0 atom stereocenters. The largest absolute Gasteiger partial charge is 0.422 e. The number of rotatable bonds is 6. The van der Waals surface area contributed by atoms with Crippen LogP contribution in [0.25, 0.3) is 22.6 Å². The van der Waals surface area contributed by atoms with E-state index in [1.807, 2.05) is 24.3 Å². The third-order valence-electron chi connectivity index (χ3n) is 5.21. The standard InChI is InChI=1S/C24H20Cl2N4O3S2/c25-19-8-9-20(21(26)15-19)23-22(18-6-4-17(5-7-18)3-1-2-10-27-16-34)28-24(33-23)29-30-11-13-35(31,32)14-12-30/h4-9,15H,2,10-14H2,(H,28,29). The average Bonchev–Trinajstić information content (AvgIpc) is 3.24. The number of isothiocyanates is 1. The molecular weight excluding hydrogens is 527 g/mol. The van der Waals surface area contributed by atoms with Gasteiger partial charge in [-0.25, -0.2) is 18.4 Å². The summed E-state index contributed by atoms with van der Waals surface area (Å²) in [5, 5.41) is 5.03. The van der Waals surface area contributed by atoms with Crippen molar-refractivity contribution in [3.63, 3.8) is 0 Å². The Morgan fingerprint density at radius 3 is 2.57 bits per heavy atom. The van der Waals surface area contributed by atoms with Crippen molar-refractivity contribution in [2.24, 2.45) is 4.99 Å². The number of hydrazine groups is 1. The van der Waals surface area contributed by atoms with E-state index in [2.05, 4.69) is 44.6 Å². The van der Waals surface area contributed by atoms with Gasteiger partial charge in [0.15, 0.2) is 15.6 Å². The Kier molecular flexibility index (Phi) is 8.24. The molecule has 1 aliphatic rings. The van der Waals surface area contributed by atoms with Gasteiger partial charge < -0.3 is 4.42 Å². The predicted octanol–water partition coefficient (Wildman–Crippen LogP) is 5.22. The van der Waals surface area contributed by atoms with Crippen LogP contribution >= 0.6 is 35.4 Å². The fourth-order valence-electron chi connectivity index (χ4n) is 3.41. The van der Waals surface area contributed by atoms with Crippen molar-refractivity contribution in [2.45, 2.75) is 6.42 Å². The summed E-state index contributed by atoms with van der Waals surface area (Å²) < 4.78 is 29.6. The molecule has 2 aromatic carbocycles. The Bertz CT molecular complexity index is 1420. The summed E-state index contributed by atoms with van der Waals surface area (Å²) in [7, 11) is -3.01. The molecule has 1 saturated heterocycles. The smallest absolute Gasteiger partial charge is 0.310 e. The molecule has 180 valence electrons. The summed E-state index contributed by atoms with van der Waals surface area (Å²) in [6.45, 7) is 1.19. The van der Waals surface area contributed by atoms with Crippen molar-refractivity contribution in [2.75, 3.05) is 36.6 Å². The monoisotopic (exact) mass is 546 g/mol. The second-order valence-electron chi connectivity index (χ2n) is 7.67. The van der Waals surface area contributed by atoms with E-state index in [0.717, 1.165) is 11.1 Å². The molecule has 0 saturated carbocycles. The van der Waals surface area contributed by atoms with Gasteiger partial charge in [0.25, 0.3) is 0 Å². The van der Waals surface area contributed by atoms with Gasteiger partial charge in [0, 0.05) is 41.2 Å². The first-order chi connectivity index (χ1) is 16.8. The first kappa shape index (κ1) is 25.4. The van der Waals surface area contributed by atoms with E-state index in [-0.39, 0.29) is 17.5 Å². The molecule has 0 amide bonds. The summed E-state index contributed by atoms with van der Waals surface area (Å²) in [5.41, 5.74) is 5.95. The quantitative estimate of drug-likeness (QED) is 0.196. The molecule has 1 aromatic heterocycles. The molecule has 1 fully saturated rings. The van der Waals surface area contributed by atoms with Crippen LogP contribution in [0.15, 0.2) is 51.9 Å². The molecule has 35 heavy (non-hydrogen) atoms. The number of nitrogens with one attached hydrogen (secondary N) is 1. The Labute approximate surface area is 219 Å². The zero-order valence-corrected chi connectivity index (χ0v) is 21.6. The molecular formula is C24H20Cl2N4O3S2. The number of thiocarbonyl (C=S) groups is 1. The SMILES string of the molecule is O=S1(=O)CCN(Nc2nc(-c3ccc(C#CCCN=C=S)cc3)c(-c3ccc(Cl)cc3Cl)o2)CC1. The Morgan fingerprint density at radius 2 is 1.89 bits per heavy atom. The maximum atomic E-state index is 11.7. The van der Waals surface area contributed by atoms with E-state index < -0.39 is 9.84 Å². The van der Waals surface area contributed by atoms with Gasteiger partial charge in [0.2, 0.25) is 0 Å². The van der Waals surface area contributed by atoms with E-state index in [4.69, 9.17) is 27.6 Å². The van der Waals surface area contributed by atoms with Crippen molar-refractivity contribution < 1.29 is 12.8 Å². The molecule has 4 rings (SSSR count). The van der Waals surface area contributed by atoms with Gasteiger partial charge in [-0.3, -0.25) is 5.43 Å². The van der Waals surface area contributed by atoms with Gasteiger partial charge in [-0.2, -0.15) is 4.98 Å². The van der Waals surface area contributed by atoms with Gasteiger partial charge in [0.1, 0.15) is 5.69 Å². The van der Waals surface area contributed by atoms with E-state index in [0.29, 0.717) is 53.1 Å². The molecule has 1 aliphatic heterocycles. The van der Waals surface area contributed by atoms with Crippen LogP contribution < -0.4 is 5.43 Å². The predicted molar refractivity (Wildman–Crippen MR) is 143 cm³/mol. The Balaban J connectivity index is 1.63. The molecule has 0 bridgehead atoms. The fraction of sp³-hybridized carbons (Fsp3) is 0.250. The lowest BCUT2D eigenvalue weighted by Crippen LogP contribution is -2.43. The van der Waals surface area contributed by atoms with Crippen molar-refractivity contribution in [1.29, 1.82) is 0 Å². The molecule has 3 aromatic rings. The lowest BCUT2D eigenvalue weighted by atomic mass is 10.0. The summed E-state index contributed by atoms with van der Waals surface area (Å²) in [6.07, 6.45) is 0.598. The average molecular weight is 547 g/mol. The minimum atomic E-state index is -3.01. The van der Waals surface area contributed by atoms with Crippen LogP contribution in [0.3, 0.4) is 0 Å². The number of aliphatic imine (C=N–C) groups is 1. The molecule has 0 radical (unpaired) electrons. The molecule has 7 nitrogen and oxygen atoms in total. The van der Waals surface area contributed by atoms with Crippen LogP contribution in [-0.4, -0.2) is 54.7 Å². The Hall–Kier alpha value is -2.70. The normalized spacial score (nSPS) is 15.0. The van der Waals surface area contributed by atoms with Crippen molar-refractivity contribution in [3.8, 4) is 34.4 Å². The molecule has 0 aliphatic carbocycles. The minimum absolute atomic E-state index is 0.0732. The lowest BCUT2D eigenvalue weighted by Gasteiger charge is -2.25. The maximum absolute atomic E-state index is 11.7. The highest BCUT2D eigenvalue weighted by Crippen LogP contribution is 2.39. The highest BCUT2D eigenvalue weighted by molar-refractivity contribution is 7.91. The third kappa shape index (κ3) is 6.71. The number of nitrogens with zero attached hydrogens (tertiary/aromatic N) is 3. The van der Waals surface area contributed by atoms with Crippen LogP contribution in [-0.2, 0) is 9.84 Å². The van der Waals surface area contributed by atoms with Crippen LogP contribution in [0, 0.1) is 11.8 Å². The molecule has 2 heterocycles. The number of halogens is 2. The summed E-state index contributed by atoms with van der Waals surface area (Å²) in [4.78, 5) is 8.49. The van der Waals surface area contributed by atoms with Crippen molar-refractivity contribution in [3.05, 3.63) is 58.1 Å². The van der Waals surface area contributed by atoms with Crippen LogP contribution in [0.4, 0.5) is 6.01 Å². The highest BCUT2D eigenvalue weighted by Gasteiger charge is 2.24. The first-order valence-electron chi connectivity index (χ1n) is 10.7. The van der Waals surface area contributed by atoms with Crippen molar-refractivity contribution in [1.82, 2.24) is 9.99 Å². The highest BCUT2D eigenvalue weighted by atomic mass is 35.5. The molecule has 0 unspecified atom stereocenters. The topological polar surface area (TPSA) is 87.8 Å². The molecule has 11 heteroatoms. The molecule has 1 N–H and O–H groups in total. The number of aromatic nitrogens is 1. The number of oxazole rings is 1. The molecule has 0 spiro atoms. The second-order valence-corrected chi connectivity index (χ2v) is 11.0. The second kappa shape index (κ2) is 11.4. The maximum Gasteiger partial charge on any atom is 0.310 e. The number of benzene rings is 2. The minimum Gasteiger partial charge on any atom is -0.422 e. The van der Waals surface area contributed by atoms with E-state index in [1.54, 1.807) is 23.2 Å². The zero-order chi connectivity index (χ0) is 24.8. The van der Waals surface area contributed by atoms with Crippen LogP contribution in [0.5, 0.6) is 0 Å². The van der Waals surface area contributed by atoms with Crippen molar-refractivity contribution >= 4 is 56.4 Å². The lowest BCUT2D eigenvalue weighted by molar-refractivity contribution is 0.339. The first-order valence-corrected chi connectivity index (χ1v) is 13.6. The van der Waals surface area contributed by atoms with Crippen LogP contribution in [0.1, 0.15) is 12.0 Å². The van der Waals surface area contributed by atoms with E-state index >= 15 is 0 Å².